The minimum absolute atomic E-state index is 0. The molecule has 4 nitrogen and oxygen atoms in total. The molecule has 1 amide bonds. The van der Waals surface area contributed by atoms with Crippen LogP contribution in [0.15, 0.2) is 36.5 Å². The number of carbonyl (C=O) groups is 1. The van der Waals surface area contributed by atoms with Gasteiger partial charge >= 0.3 is 0 Å². The molecule has 1 unspecified atom stereocenters. The van der Waals surface area contributed by atoms with Crippen LogP contribution < -0.4 is 10.6 Å². The molecule has 2 aromatic rings. The first-order valence-corrected chi connectivity index (χ1v) is 7.07. The van der Waals surface area contributed by atoms with Crippen molar-refractivity contribution in [3.63, 3.8) is 0 Å². The fourth-order valence-electron chi connectivity index (χ4n) is 2.53. The van der Waals surface area contributed by atoms with Gasteiger partial charge in [0.25, 0.3) is 0 Å². The molecule has 6 heteroatoms. The van der Waals surface area contributed by atoms with Crippen LogP contribution in [0.4, 0.5) is 0 Å². The molecule has 3 rings (SSSR count). The Hall–Kier alpha value is -1.36. The van der Waals surface area contributed by atoms with Crippen molar-refractivity contribution < 1.29 is 4.79 Å². The molecule has 1 saturated heterocycles. The topological polar surface area (TPSA) is 54.0 Å². The van der Waals surface area contributed by atoms with Crippen LogP contribution in [-0.4, -0.2) is 24.0 Å². The van der Waals surface area contributed by atoms with Crippen LogP contribution in [0.5, 0.6) is 0 Å². The van der Waals surface area contributed by atoms with Gasteiger partial charge in [0.1, 0.15) is 0 Å². The summed E-state index contributed by atoms with van der Waals surface area (Å²) < 4.78 is 0. The van der Waals surface area contributed by atoms with Gasteiger partial charge in [-0.3, -0.25) is 9.78 Å². The van der Waals surface area contributed by atoms with Crippen molar-refractivity contribution in [2.75, 3.05) is 13.1 Å². The Labute approximate surface area is 142 Å². The largest absolute Gasteiger partial charge is 0.350 e. The number of rotatable bonds is 4. The third kappa shape index (κ3) is 3.88. The van der Waals surface area contributed by atoms with Gasteiger partial charge in [0.15, 0.2) is 0 Å². The van der Waals surface area contributed by atoms with E-state index >= 15 is 0 Å². The van der Waals surface area contributed by atoms with Gasteiger partial charge in [0.05, 0.1) is 12.2 Å². The minimum Gasteiger partial charge on any atom is -0.350 e. The maximum Gasteiger partial charge on any atom is 0.223 e. The highest BCUT2D eigenvalue weighted by Crippen LogP contribution is 2.18. The molecular formula is C16H21Cl2N3O. The van der Waals surface area contributed by atoms with Crippen molar-refractivity contribution >= 4 is 41.5 Å². The lowest BCUT2D eigenvalue weighted by Crippen LogP contribution is -2.49. The number of nitrogens with zero attached hydrogens (tertiary/aromatic N) is 1. The predicted octanol–water partition coefficient (Wildman–Crippen LogP) is 2.55. The van der Waals surface area contributed by atoms with Crippen molar-refractivity contribution in [2.24, 2.45) is 11.8 Å². The highest BCUT2D eigenvalue weighted by molar-refractivity contribution is 5.86. The number of carbonyl (C=O) groups excluding carboxylic acids is 1. The molecule has 22 heavy (non-hydrogen) atoms. The van der Waals surface area contributed by atoms with Gasteiger partial charge in [0.2, 0.25) is 5.91 Å². The van der Waals surface area contributed by atoms with Gasteiger partial charge in [-0.15, -0.1) is 24.8 Å². The summed E-state index contributed by atoms with van der Waals surface area (Å²) in [6.45, 7) is 4.38. The molecule has 0 spiro atoms. The van der Waals surface area contributed by atoms with Gasteiger partial charge in [-0.05, 0) is 30.5 Å². The van der Waals surface area contributed by atoms with Crippen LogP contribution >= 0.6 is 24.8 Å². The van der Waals surface area contributed by atoms with Crippen LogP contribution in [0.25, 0.3) is 10.8 Å². The number of pyridine rings is 1. The van der Waals surface area contributed by atoms with Gasteiger partial charge in [0, 0.05) is 17.5 Å². The van der Waals surface area contributed by atoms with E-state index < -0.39 is 0 Å². The first-order chi connectivity index (χ1) is 9.75. The molecule has 120 valence electrons. The van der Waals surface area contributed by atoms with E-state index in [-0.39, 0.29) is 36.6 Å². The lowest BCUT2D eigenvalue weighted by Gasteiger charge is -2.31. The molecule has 1 aliphatic heterocycles. The maximum atomic E-state index is 12.1. The summed E-state index contributed by atoms with van der Waals surface area (Å²) in [5.41, 5.74) is 0.926. The molecule has 0 radical (unpaired) electrons. The fourth-order valence-corrected chi connectivity index (χ4v) is 2.53. The monoisotopic (exact) mass is 341 g/mol. The van der Waals surface area contributed by atoms with Crippen LogP contribution in [0.3, 0.4) is 0 Å². The molecule has 2 N–H and O–H groups in total. The second-order valence-corrected chi connectivity index (χ2v) is 5.40. The summed E-state index contributed by atoms with van der Waals surface area (Å²) in [5, 5.41) is 8.47. The van der Waals surface area contributed by atoms with E-state index in [1.54, 1.807) is 6.20 Å². The first kappa shape index (κ1) is 18.7. The van der Waals surface area contributed by atoms with Crippen molar-refractivity contribution in [2.45, 2.75) is 13.5 Å². The highest BCUT2D eigenvalue weighted by atomic mass is 35.5. The van der Waals surface area contributed by atoms with Crippen molar-refractivity contribution in [1.82, 2.24) is 15.6 Å². The molecule has 1 aromatic heterocycles. The molecule has 1 aromatic carbocycles. The summed E-state index contributed by atoms with van der Waals surface area (Å²) >= 11 is 0. The fraction of sp³-hybridized carbons (Fsp3) is 0.375. The lowest BCUT2D eigenvalue weighted by molar-refractivity contribution is -0.126. The smallest absolute Gasteiger partial charge is 0.223 e. The van der Waals surface area contributed by atoms with E-state index in [0.717, 1.165) is 29.6 Å². The van der Waals surface area contributed by atoms with Crippen molar-refractivity contribution in [3.05, 3.63) is 42.2 Å². The molecule has 1 atom stereocenters. The molecule has 1 aliphatic rings. The third-order valence-electron chi connectivity index (χ3n) is 4.12. The molecule has 0 bridgehead atoms. The Morgan fingerprint density at radius 1 is 1.32 bits per heavy atom. The Balaban J connectivity index is 0.00000121. The van der Waals surface area contributed by atoms with Gasteiger partial charge in [-0.2, -0.15) is 0 Å². The average Bonchev–Trinajstić information content (AvgIpc) is 2.42. The van der Waals surface area contributed by atoms with E-state index in [2.05, 4.69) is 21.7 Å². The molecule has 2 heterocycles. The summed E-state index contributed by atoms with van der Waals surface area (Å²) in [6.07, 6.45) is 1.79. The van der Waals surface area contributed by atoms with Gasteiger partial charge in [-0.1, -0.05) is 31.2 Å². The number of amides is 1. The van der Waals surface area contributed by atoms with E-state index in [1.165, 1.54) is 0 Å². The number of halogens is 2. The van der Waals surface area contributed by atoms with E-state index in [0.29, 0.717) is 12.5 Å². The third-order valence-corrected chi connectivity index (χ3v) is 4.12. The van der Waals surface area contributed by atoms with Crippen LogP contribution in [0, 0.1) is 11.8 Å². The number of aromatic nitrogens is 1. The quantitative estimate of drug-likeness (QED) is 0.898. The summed E-state index contributed by atoms with van der Waals surface area (Å²) in [6, 6.07) is 10.1. The van der Waals surface area contributed by atoms with E-state index in [4.69, 9.17) is 0 Å². The SMILES string of the molecule is CC(C(=O)NCc1nccc2ccccc12)C1CNC1.Cl.Cl. The molecule has 0 aliphatic carbocycles. The first-order valence-electron chi connectivity index (χ1n) is 7.07. The highest BCUT2D eigenvalue weighted by Gasteiger charge is 2.28. The summed E-state index contributed by atoms with van der Waals surface area (Å²) in [7, 11) is 0. The standard InChI is InChI=1S/C16H19N3O.2ClH/c1-11(13-8-17-9-13)16(20)19-10-15-14-5-3-2-4-12(14)6-7-18-15;;/h2-7,11,13,17H,8-10H2,1H3,(H,19,20);2*1H. The number of hydrogen-bond acceptors (Lipinski definition) is 3. The second kappa shape index (κ2) is 8.32. The Bertz CT molecular complexity index is 626. The van der Waals surface area contributed by atoms with Crippen LogP contribution in [0.1, 0.15) is 12.6 Å². The predicted molar refractivity (Wildman–Crippen MR) is 93.6 cm³/mol. The molecule has 0 saturated carbocycles. The van der Waals surface area contributed by atoms with Crippen molar-refractivity contribution in [1.29, 1.82) is 0 Å². The number of fused-ring (bicyclic) bond motifs is 1. The molecular weight excluding hydrogens is 321 g/mol. The normalized spacial score (nSPS) is 15.1. The van der Waals surface area contributed by atoms with E-state index in [9.17, 15) is 4.79 Å². The Morgan fingerprint density at radius 3 is 2.73 bits per heavy atom. The molecule has 1 fully saturated rings. The average molecular weight is 342 g/mol. The lowest BCUT2D eigenvalue weighted by atomic mass is 9.88. The van der Waals surface area contributed by atoms with Crippen LogP contribution in [0.2, 0.25) is 0 Å². The van der Waals surface area contributed by atoms with Gasteiger partial charge in [-0.25, -0.2) is 0 Å². The van der Waals surface area contributed by atoms with Crippen LogP contribution in [-0.2, 0) is 11.3 Å². The zero-order valence-electron chi connectivity index (χ0n) is 12.4. The maximum absolute atomic E-state index is 12.1. The number of hydrogen-bond donors (Lipinski definition) is 2. The zero-order valence-corrected chi connectivity index (χ0v) is 14.0. The summed E-state index contributed by atoms with van der Waals surface area (Å²) in [4.78, 5) is 16.5. The minimum atomic E-state index is 0. The van der Waals surface area contributed by atoms with Gasteiger partial charge < -0.3 is 10.6 Å². The van der Waals surface area contributed by atoms with E-state index in [1.807, 2.05) is 31.2 Å². The number of nitrogens with one attached hydrogen (secondary N) is 2. The second-order valence-electron chi connectivity index (χ2n) is 5.40. The Morgan fingerprint density at radius 2 is 2.05 bits per heavy atom. The Kier molecular flexibility index (Phi) is 7.07. The van der Waals surface area contributed by atoms with Crippen molar-refractivity contribution in [3.8, 4) is 0 Å². The summed E-state index contributed by atoms with van der Waals surface area (Å²) in [5.74, 6) is 0.646. The zero-order chi connectivity index (χ0) is 13.9. The number of benzene rings is 1.